The van der Waals surface area contributed by atoms with Gasteiger partial charge in [-0.25, -0.2) is 4.79 Å². The Labute approximate surface area is 125 Å². The van der Waals surface area contributed by atoms with Gasteiger partial charge in [-0.15, -0.1) is 0 Å². The number of hydrogen-bond donors (Lipinski definition) is 3. The molecular weight excluding hydrogens is 266 g/mol. The molecule has 1 aromatic carbocycles. The van der Waals surface area contributed by atoms with Gasteiger partial charge in [0, 0.05) is 19.3 Å². The molecule has 0 radical (unpaired) electrons. The minimum atomic E-state index is -0.162. The lowest BCUT2D eigenvalue weighted by Crippen LogP contribution is -2.21. The standard InChI is InChI=1S/C16H25N3O2/c1-11(2)10-21-8-4-7-17-12(3)13-5-6-14-15(9-13)19-16(20)18-14/h5-6,9,11-12,17H,4,7-8,10H2,1-3H3,(H2,18,19,20). The lowest BCUT2D eigenvalue weighted by molar-refractivity contribution is 0.107. The number of nitrogens with one attached hydrogen (secondary N) is 3. The van der Waals surface area contributed by atoms with E-state index in [1.807, 2.05) is 18.2 Å². The topological polar surface area (TPSA) is 69.9 Å². The zero-order valence-corrected chi connectivity index (χ0v) is 13.0. The second-order valence-electron chi connectivity index (χ2n) is 5.88. The summed E-state index contributed by atoms with van der Waals surface area (Å²) in [7, 11) is 0. The molecule has 0 amide bonds. The molecule has 0 aliphatic carbocycles. The summed E-state index contributed by atoms with van der Waals surface area (Å²) in [5.41, 5.74) is 2.70. The number of H-pyrrole nitrogens is 2. The lowest BCUT2D eigenvalue weighted by Gasteiger charge is -2.14. The molecule has 0 fully saturated rings. The van der Waals surface area contributed by atoms with Crippen LogP contribution in [0.15, 0.2) is 23.0 Å². The van der Waals surface area contributed by atoms with Gasteiger partial charge >= 0.3 is 5.69 Å². The average Bonchev–Trinajstić information content (AvgIpc) is 2.81. The van der Waals surface area contributed by atoms with Crippen LogP contribution in [0, 0.1) is 5.92 Å². The summed E-state index contributed by atoms with van der Waals surface area (Å²) in [5.74, 6) is 0.590. The van der Waals surface area contributed by atoms with E-state index in [9.17, 15) is 4.79 Å². The third-order valence-corrected chi connectivity index (χ3v) is 3.41. The summed E-state index contributed by atoms with van der Waals surface area (Å²) in [6.45, 7) is 8.97. The zero-order valence-electron chi connectivity index (χ0n) is 13.0. The first kappa shape index (κ1) is 15.8. The van der Waals surface area contributed by atoms with Crippen molar-refractivity contribution in [2.75, 3.05) is 19.8 Å². The zero-order chi connectivity index (χ0) is 15.2. The van der Waals surface area contributed by atoms with Crippen LogP contribution >= 0.6 is 0 Å². The second kappa shape index (κ2) is 7.43. The molecule has 2 aromatic rings. The van der Waals surface area contributed by atoms with Crippen LogP contribution in [0.1, 0.15) is 38.8 Å². The number of rotatable bonds is 8. The van der Waals surface area contributed by atoms with Crippen molar-refractivity contribution in [1.29, 1.82) is 0 Å². The van der Waals surface area contributed by atoms with Crippen LogP contribution < -0.4 is 11.0 Å². The van der Waals surface area contributed by atoms with Crippen molar-refractivity contribution in [3.63, 3.8) is 0 Å². The van der Waals surface area contributed by atoms with E-state index in [-0.39, 0.29) is 11.7 Å². The SMILES string of the molecule is CC(C)COCCCNC(C)c1ccc2[nH]c(=O)[nH]c2c1. The molecular formula is C16H25N3O2. The van der Waals surface area contributed by atoms with Gasteiger partial charge in [0.2, 0.25) is 0 Å². The molecule has 3 N–H and O–H groups in total. The summed E-state index contributed by atoms with van der Waals surface area (Å²) in [6, 6.07) is 6.24. The number of fused-ring (bicyclic) bond motifs is 1. The van der Waals surface area contributed by atoms with E-state index in [4.69, 9.17) is 4.74 Å². The molecule has 116 valence electrons. The highest BCUT2D eigenvalue weighted by molar-refractivity contribution is 5.75. The van der Waals surface area contributed by atoms with E-state index < -0.39 is 0 Å². The monoisotopic (exact) mass is 291 g/mol. The normalized spacial score (nSPS) is 13.1. The molecule has 2 rings (SSSR count). The molecule has 1 aromatic heterocycles. The highest BCUT2D eigenvalue weighted by atomic mass is 16.5. The van der Waals surface area contributed by atoms with Crippen LogP contribution in [0.4, 0.5) is 0 Å². The Balaban J connectivity index is 1.79. The second-order valence-corrected chi connectivity index (χ2v) is 5.88. The van der Waals surface area contributed by atoms with Crippen molar-refractivity contribution >= 4 is 11.0 Å². The first-order chi connectivity index (χ1) is 10.1. The first-order valence-corrected chi connectivity index (χ1v) is 7.59. The third-order valence-electron chi connectivity index (χ3n) is 3.41. The minimum absolute atomic E-state index is 0.162. The summed E-state index contributed by atoms with van der Waals surface area (Å²) in [6.07, 6.45) is 1.00. The smallest absolute Gasteiger partial charge is 0.323 e. The predicted octanol–water partition coefficient (Wildman–Crippen LogP) is 2.57. The maximum absolute atomic E-state index is 11.2. The van der Waals surface area contributed by atoms with E-state index in [0.29, 0.717) is 5.92 Å². The molecule has 1 heterocycles. The van der Waals surface area contributed by atoms with E-state index in [0.717, 1.165) is 37.2 Å². The molecule has 1 atom stereocenters. The molecule has 21 heavy (non-hydrogen) atoms. The summed E-state index contributed by atoms with van der Waals surface area (Å²) in [4.78, 5) is 16.8. The fourth-order valence-electron chi connectivity index (χ4n) is 2.25. The molecule has 0 spiro atoms. The fraction of sp³-hybridized carbons (Fsp3) is 0.562. The molecule has 5 nitrogen and oxygen atoms in total. The Morgan fingerprint density at radius 1 is 1.19 bits per heavy atom. The minimum Gasteiger partial charge on any atom is -0.381 e. The van der Waals surface area contributed by atoms with Gasteiger partial charge < -0.3 is 20.0 Å². The van der Waals surface area contributed by atoms with Gasteiger partial charge in [0.15, 0.2) is 0 Å². The van der Waals surface area contributed by atoms with Gasteiger partial charge in [0.05, 0.1) is 11.0 Å². The summed E-state index contributed by atoms with van der Waals surface area (Å²) >= 11 is 0. The molecule has 0 saturated heterocycles. The quantitative estimate of drug-likeness (QED) is 0.655. The number of imidazole rings is 1. The summed E-state index contributed by atoms with van der Waals surface area (Å²) < 4.78 is 5.56. The highest BCUT2D eigenvalue weighted by Gasteiger charge is 2.06. The van der Waals surface area contributed by atoms with Crippen molar-refractivity contribution in [2.24, 2.45) is 5.92 Å². The van der Waals surface area contributed by atoms with Gasteiger partial charge in [0.25, 0.3) is 0 Å². The Morgan fingerprint density at radius 2 is 1.95 bits per heavy atom. The van der Waals surface area contributed by atoms with Crippen LogP contribution in [-0.4, -0.2) is 29.7 Å². The van der Waals surface area contributed by atoms with E-state index in [1.54, 1.807) is 0 Å². The van der Waals surface area contributed by atoms with Crippen molar-refractivity contribution in [3.8, 4) is 0 Å². The van der Waals surface area contributed by atoms with Gasteiger partial charge in [-0.1, -0.05) is 19.9 Å². The number of benzene rings is 1. The summed E-state index contributed by atoms with van der Waals surface area (Å²) in [5, 5.41) is 3.48. The molecule has 0 saturated carbocycles. The van der Waals surface area contributed by atoms with Crippen molar-refractivity contribution in [2.45, 2.75) is 33.2 Å². The number of ether oxygens (including phenoxy) is 1. The van der Waals surface area contributed by atoms with Gasteiger partial charge in [-0.3, -0.25) is 0 Å². The Kier molecular flexibility index (Phi) is 5.59. The van der Waals surface area contributed by atoms with Crippen LogP contribution in [0.2, 0.25) is 0 Å². The first-order valence-electron chi connectivity index (χ1n) is 7.59. The predicted molar refractivity (Wildman–Crippen MR) is 85.6 cm³/mol. The van der Waals surface area contributed by atoms with Crippen LogP contribution in [0.25, 0.3) is 11.0 Å². The van der Waals surface area contributed by atoms with Crippen molar-refractivity contribution in [1.82, 2.24) is 15.3 Å². The van der Waals surface area contributed by atoms with Gasteiger partial charge in [-0.2, -0.15) is 0 Å². The fourth-order valence-corrected chi connectivity index (χ4v) is 2.25. The van der Waals surface area contributed by atoms with Crippen LogP contribution in [0.5, 0.6) is 0 Å². The number of aromatic nitrogens is 2. The molecule has 0 bridgehead atoms. The third kappa shape index (κ3) is 4.72. The number of hydrogen-bond acceptors (Lipinski definition) is 3. The van der Waals surface area contributed by atoms with E-state index >= 15 is 0 Å². The average molecular weight is 291 g/mol. The molecule has 0 aliphatic heterocycles. The van der Waals surface area contributed by atoms with Crippen molar-refractivity contribution < 1.29 is 4.74 Å². The molecule has 1 unspecified atom stereocenters. The lowest BCUT2D eigenvalue weighted by atomic mass is 10.1. The Bertz CT molecular complexity index is 615. The Morgan fingerprint density at radius 3 is 2.71 bits per heavy atom. The Hall–Kier alpha value is -1.59. The largest absolute Gasteiger partial charge is 0.381 e. The van der Waals surface area contributed by atoms with Crippen LogP contribution in [0.3, 0.4) is 0 Å². The maximum Gasteiger partial charge on any atom is 0.323 e. The van der Waals surface area contributed by atoms with Gasteiger partial charge in [0.1, 0.15) is 0 Å². The van der Waals surface area contributed by atoms with Crippen LogP contribution in [-0.2, 0) is 4.74 Å². The maximum atomic E-state index is 11.2. The highest BCUT2D eigenvalue weighted by Crippen LogP contribution is 2.16. The van der Waals surface area contributed by atoms with Crippen molar-refractivity contribution in [3.05, 3.63) is 34.2 Å². The van der Waals surface area contributed by atoms with Gasteiger partial charge in [-0.05, 0) is 43.5 Å². The molecule has 0 aliphatic rings. The number of aromatic amines is 2. The van der Waals surface area contributed by atoms with E-state index in [1.165, 1.54) is 5.56 Å². The van der Waals surface area contributed by atoms with E-state index in [2.05, 4.69) is 36.1 Å². The molecule has 5 heteroatoms.